The highest BCUT2D eigenvalue weighted by molar-refractivity contribution is 7.09. The Labute approximate surface area is 100 Å². The summed E-state index contributed by atoms with van der Waals surface area (Å²) in [5.74, 6) is -0.0952. The molecule has 0 radical (unpaired) electrons. The van der Waals surface area contributed by atoms with E-state index in [0.717, 1.165) is 23.5 Å². The normalized spacial score (nSPS) is 14.5. The summed E-state index contributed by atoms with van der Waals surface area (Å²) in [6.07, 6.45) is 1.63. The maximum absolute atomic E-state index is 11.7. The van der Waals surface area contributed by atoms with E-state index in [1.165, 1.54) is 0 Å². The lowest BCUT2D eigenvalue weighted by molar-refractivity contribution is -0.123. The lowest BCUT2D eigenvalue weighted by Crippen LogP contribution is -2.41. The summed E-state index contributed by atoms with van der Waals surface area (Å²) in [6.45, 7) is 5.88. The molecule has 2 atom stereocenters. The first-order valence-electron chi connectivity index (χ1n) is 5.52. The van der Waals surface area contributed by atoms with Crippen molar-refractivity contribution in [3.8, 4) is 0 Å². The van der Waals surface area contributed by atoms with E-state index in [9.17, 15) is 4.79 Å². The minimum Gasteiger partial charge on any atom is -0.346 e. The van der Waals surface area contributed by atoms with Gasteiger partial charge in [-0.05, 0) is 20.3 Å². The largest absolute Gasteiger partial charge is 0.346 e. The molecule has 1 aromatic heterocycles. The summed E-state index contributed by atoms with van der Waals surface area (Å²) >= 11 is 1.56. The number of hydrogen-bond acceptors (Lipinski definition) is 4. The average Bonchev–Trinajstić information content (AvgIpc) is 2.65. The van der Waals surface area contributed by atoms with Crippen LogP contribution in [0.2, 0.25) is 0 Å². The van der Waals surface area contributed by atoms with E-state index in [-0.39, 0.29) is 11.9 Å². The van der Waals surface area contributed by atoms with E-state index in [0.29, 0.717) is 0 Å². The molecule has 0 saturated heterocycles. The molecular formula is C11H19N3OS. The molecule has 1 aromatic rings. The number of rotatable bonds is 5. The van der Waals surface area contributed by atoms with Gasteiger partial charge in [-0.3, -0.25) is 4.79 Å². The van der Waals surface area contributed by atoms with Crippen molar-refractivity contribution in [2.45, 2.75) is 45.7 Å². The van der Waals surface area contributed by atoms with Crippen LogP contribution in [0, 0.1) is 6.92 Å². The number of thiazole rings is 1. The second-order valence-corrected chi connectivity index (χ2v) is 4.84. The summed E-state index contributed by atoms with van der Waals surface area (Å²) in [5, 5.41) is 5.78. The number of nitrogens with zero attached hydrogens (tertiary/aromatic N) is 1. The number of amides is 1. The zero-order valence-electron chi connectivity index (χ0n) is 9.99. The van der Waals surface area contributed by atoms with E-state index < -0.39 is 6.04 Å². The second-order valence-electron chi connectivity index (χ2n) is 3.95. The van der Waals surface area contributed by atoms with Crippen molar-refractivity contribution in [1.82, 2.24) is 10.3 Å². The Bertz CT molecular complexity index is 351. The molecule has 2 unspecified atom stereocenters. The fourth-order valence-electron chi connectivity index (χ4n) is 1.40. The number of nitrogens with one attached hydrogen (secondary N) is 1. The summed E-state index contributed by atoms with van der Waals surface area (Å²) < 4.78 is 0. The first kappa shape index (κ1) is 13.1. The SMILES string of the molecule is CCCC(N)C(=O)NC(C)c1nc(C)cs1. The number of carbonyl (C=O) groups excluding carboxylic acids is 1. The topological polar surface area (TPSA) is 68.0 Å². The number of carbonyl (C=O) groups is 1. The zero-order chi connectivity index (χ0) is 12.1. The smallest absolute Gasteiger partial charge is 0.237 e. The van der Waals surface area contributed by atoms with Crippen LogP contribution < -0.4 is 11.1 Å². The molecule has 0 aliphatic heterocycles. The van der Waals surface area contributed by atoms with Crippen molar-refractivity contribution < 1.29 is 4.79 Å². The molecule has 0 aliphatic carbocycles. The fourth-order valence-corrected chi connectivity index (χ4v) is 2.20. The van der Waals surface area contributed by atoms with Crippen molar-refractivity contribution >= 4 is 17.2 Å². The Kier molecular flexibility index (Phi) is 4.89. The van der Waals surface area contributed by atoms with Crippen molar-refractivity contribution in [3.63, 3.8) is 0 Å². The van der Waals surface area contributed by atoms with Crippen molar-refractivity contribution in [2.75, 3.05) is 0 Å². The quantitative estimate of drug-likeness (QED) is 0.825. The second kappa shape index (κ2) is 5.96. The number of hydrogen-bond donors (Lipinski definition) is 2. The maximum Gasteiger partial charge on any atom is 0.237 e. The molecule has 0 aromatic carbocycles. The minimum absolute atomic E-state index is 0.0610. The van der Waals surface area contributed by atoms with Gasteiger partial charge >= 0.3 is 0 Å². The van der Waals surface area contributed by atoms with Crippen LogP contribution in [-0.2, 0) is 4.79 Å². The standard InChI is InChI=1S/C11H19N3OS/c1-4-5-9(12)10(15)14-8(3)11-13-7(2)6-16-11/h6,8-9H,4-5,12H2,1-3H3,(H,14,15). The molecule has 0 spiro atoms. The summed E-state index contributed by atoms with van der Waals surface area (Å²) in [7, 11) is 0. The number of aryl methyl sites for hydroxylation is 1. The molecule has 3 N–H and O–H groups in total. The first-order valence-corrected chi connectivity index (χ1v) is 6.40. The maximum atomic E-state index is 11.7. The van der Waals surface area contributed by atoms with E-state index in [1.807, 2.05) is 26.2 Å². The molecule has 16 heavy (non-hydrogen) atoms. The fraction of sp³-hybridized carbons (Fsp3) is 0.636. The van der Waals surface area contributed by atoms with Crippen LogP contribution in [0.25, 0.3) is 0 Å². The highest BCUT2D eigenvalue weighted by Crippen LogP contribution is 2.17. The molecule has 90 valence electrons. The van der Waals surface area contributed by atoms with Gasteiger partial charge in [0.1, 0.15) is 5.01 Å². The van der Waals surface area contributed by atoms with E-state index >= 15 is 0 Å². The van der Waals surface area contributed by atoms with Crippen molar-refractivity contribution in [2.24, 2.45) is 5.73 Å². The lowest BCUT2D eigenvalue weighted by atomic mass is 10.1. The first-order chi connectivity index (χ1) is 7.54. The van der Waals surface area contributed by atoms with Crippen LogP contribution >= 0.6 is 11.3 Å². The van der Waals surface area contributed by atoms with E-state index in [4.69, 9.17) is 5.73 Å². The van der Waals surface area contributed by atoms with Gasteiger partial charge in [-0.1, -0.05) is 13.3 Å². The average molecular weight is 241 g/mol. The molecule has 0 fully saturated rings. The van der Waals surface area contributed by atoms with Crippen LogP contribution in [0.15, 0.2) is 5.38 Å². The third-order valence-electron chi connectivity index (χ3n) is 2.30. The predicted molar refractivity (Wildman–Crippen MR) is 66.3 cm³/mol. The van der Waals surface area contributed by atoms with Gasteiger partial charge in [-0.2, -0.15) is 0 Å². The Hall–Kier alpha value is -0.940. The van der Waals surface area contributed by atoms with E-state index in [2.05, 4.69) is 10.3 Å². The van der Waals surface area contributed by atoms with Crippen LogP contribution in [-0.4, -0.2) is 16.9 Å². The van der Waals surface area contributed by atoms with E-state index in [1.54, 1.807) is 11.3 Å². The van der Waals surface area contributed by atoms with Gasteiger partial charge in [0.2, 0.25) is 5.91 Å². The van der Waals surface area contributed by atoms with Gasteiger partial charge in [0.25, 0.3) is 0 Å². The van der Waals surface area contributed by atoms with Crippen LogP contribution in [0.5, 0.6) is 0 Å². The molecule has 1 rings (SSSR count). The Morgan fingerprint density at radius 2 is 2.38 bits per heavy atom. The zero-order valence-corrected chi connectivity index (χ0v) is 10.8. The molecule has 5 heteroatoms. The lowest BCUT2D eigenvalue weighted by Gasteiger charge is -2.15. The van der Waals surface area contributed by atoms with Gasteiger partial charge in [0, 0.05) is 11.1 Å². The van der Waals surface area contributed by atoms with Crippen LogP contribution in [0.4, 0.5) is 0 Å². The molecular weight excluding hydrogens is 222 g/mol. The molecule has 1 amide bonds. The monoisotopic (exact) mass is 241 g/mol. The van der Waals surface area contributed by atoms with Gasteiger partial charge in [0.05, 0.1) is 12.1 Å². The number of nitrogens with two attached hydrogens (primary N) is 1. The van der Waals surface area contributed by atoms with Crippen LogP contribution in [0.3, 0.4) is 0 Å². The van der Waals surface area contributed by atoms with Gasteiger partial charge < -0.3 is 11.1 Å². The number of aromatic nitrogens is 1. The summed E-state index contributed by atoms with van der Waals surface area (Å²) in [4.78, 5) is 16.0. The summed E-state index contributed by atoms with van der Waals surface area (Å²) in [5.41, 5.74) is 6.72. The highest BCUT2D eigenvalue weighted by Gasteiger charge is 2.17. The molecule has 0 bridgehead atoms. The van der Waals surface area contributed by atoms with Gasteiger partial charge in [-0.15, -0.1) is 11.3 Å². The predicted octanol–water partition coefficient (Wildman–Crippen LogP) is 1.76. The molecule has 1 heterocycles. The minimum atomic E-state index is -0.409. The van der Waals surface area contributed by atoms with Crippen molar-refractivity contribution in [1.29, 1.82) is 0 Å². The van der Waals surface area contributed by atoms with Crippen molar-refractivity contribution in [3.05, 3.63) is 16.1 Å². The Morgan fingerprint density at radius 1 is 1.69 bits per heavy atom. The third-order valence-corrected chi connectivity index (χ3v) is 3.45. The third kappa shape index (κ3) is 3.57. The van der Waals surface area contributed by atoms with Gasteiger partial charge in [-0.25, -0.2) is 4.98 Å². The van der Waals surface area contributed by atoms with Crippen LogP contribution in [0.1, 0.15) is 43.4 Å². The summed E-state index contributed by atoms with van der Waals surface area (Å²) in [6, 6.07) is -0.470. The molecule has 0 aliphatic rings. The van der Waals surface area contributed by atoms with Gasteiger partial charge in [0.15, 0.2) is 0 Å². The Morgan fingerprint density at radius 3 is 2.88 bits per heavy atom. The Balaban J connectivity index is 2.51. The molecule has 4 nitrogen and oxygen atoms in total. The highest BCUT2D eigenvalue weighted by atomic mass is 32.1. The molecule has 0 saturated carbocycles.